The zero-order chi connectivity index (χ0) is 15.1. The van der Waals surface area contributed by atoms with Crippen LogP contribution in [-0.2, 0) is 6.54 Å². The van der Waals surface area contributed by atoms with Crippen molar-refractivity contribution in [3.8, 4) is 5.75 Å². The monoisotopic (exact) mass is 305 g/mol. The van der Waals surface area contributed by atoms with Crippen LogP contribution in [0.15, 0.2) is 48.5 Å². The average Bonchev–Trinajstić information content (AvgIpc) is 2.47. The van der Waals surface area contributed by atoms with Gasteiger partial charge in [0.2, 0.25) is 0 Å². The van der Waals surface area contributed by atoms with Gasteiger partial charge in [-0.15, -0.1) is 0 Å². The van der Waals surface area contributed by atoms with E-state index in [9.17, 15) is 5.11 Å². The molecule has 0 saturated heterocycles. The molecule has 4 heteroatoms. The molecule has 3 nitrogen and oxygen atoms in total. The highest BCUT2D eigenvalue weighted by atomic mass is 35.5. The Bertz CT molecular complexity index is 557. The molecule has 2 aromatic rings. The number of nitrogens with one attached hydrogen (secondary N) is 1. The van der Waals surface area contributed by atoms with E-state index in [-0.39, 0.29) is 6.61 Å². The smallest absolute Gasteiger partial charge is 0.119 e. The molecule has 0 saturated carbocycles. The summed E-state index contributed by atoms with van der Waals surface area (Å²) in [5, 5.41) is 13.8. The van der Waals surface area contributed by atoms with E-state index >= 15 is 0 Å². The van der Waals surface area contributed by atoms with Gasteiger partial charge in [-0.05, 0) is 42.3 Å². The summed E-state index contributed by atoms with van der Waals surface area (Å²) in [6.07, 6.45) is -0.544. The molecule has 0 bridgehead atoms. The van der Waals surface area contributed by atoms with Gasteiger partial charge in [0.1, 0.15) is 18.5 Å². The molecule has 0 fully saturated rings. The molecule has 1 unspecified atom stereocenters. The Morgan fingerprint density at radius 2 is 1.95 bits per heavy atom. The quantitative estimate of drug-likeness (QED) is 0.825. The molecular weight excluding hydrogens is 286 g/mol. The largest absolute Gasteiger partial charge is 0.491 e. The van der Waals surface area contributed by atoms with Crippen molar-refractivity contribution in [2.24, 2.45) is 0 Å². The summed E-state index contributed by atoms with van der Waals surface area (Å²) in [7, 11) is 0. The summed E-state index contributed by atoms with van der Waals surface area (Å²) in [5.74, 6) is 0.784. The molecule has 2 rings (SSSR count). The summed E-state index contributed by atoms with van der Waals surface area (Å²) >= 11 is 5.83. The highest BCUT2D eigenvalue weighted by Gasteiger charge is 2.05. The van der Waals surface area contributed by atoms with Gasteiger partial charge in [-0.1, -0.05) is 35.9 Å². The second-order valence-corrected chi connectivity index (χ2v) is 5.48. The first-order valence-corrected chi connectivity index (χ1v) is 7.34. The van der Waals surface area contributed by atoms with Gasteiger partial charge in [0.25, 0.3) is 0 Å². The van der Waals surface area contributed by atoms with E-state index < -0.39 is 6.10 Å². The van der Waals surface area contributed by atoms with Crippen molar-refractivity contribution in [1.82, 2.24) is 5.32 Å². The topological polar surface area (TPSA) is 41.5 Å². The van der Waals surface area contributed by atoms with E-state index in [0.29, 0.717) is 13.1 Å². The number of aliphatic hydroxyl groups is 1. The molecule has 0 amide bonds. The standard InChI is InChI=1S/C17H20ClNO2/c1-13-3-2-4-17(9-13)21-12-16(20)11-19-10-14-5-7-15(18)8-6-14/h2-9,16,19-20H,10-12H2,1H3. The Labute approximate surface area is 130 Å². The maximum absolute atomic E-state index is 9.89. The maximum atomic E-state index is 9.89. The van der Waals surface area contributed by atoms with E-state index in [1.54, 1.807) is 0 Å². The summed E-state index contributed by atoms with van der Waals surface area (Å²) in [6.45, 7) is 3.46. The van der Waals surface area contributed by atoms with Crippen molar-refractivity contribution in [1.29, 1.82) is 0 Å². The van der Waals surface area contributed by atoms with Gasteiger partial charge >= 0.3 is 0 Å². The summed E-state index contributed by atoms with van der Waals surface area (Å²) in [4.78, 5) is 0. The van der Waals surface area contributed by atoms with Crippen LogP contribution in [0.4, 0.5) is 0 Å². The number of ether oxygens (including phenoxy) is 1. The highest BCUT2D eigenvalue weighted by molar-refractivity contribution is 6.30. The zero-order valence-electron chi connectivity index (χ0n) is 12.1. The Kier molecular flexibility index (Phi) is 6.05. The van der Waals surface area contributed by atoms with Crippen LogP contribution in [0.5, 0.6) is 5.75 Å². The SMILES string of the molecule is Cc1cccc(OCC(O)CNCc2ccc(Cl)cc2)c1. The lowest BCUT2D eigenvalue weighted by Crippen LogP contribution is -2.31. The predicted octanol–water partition coefficient (Wildman–Crippen LogP) is 3.18. The molecule has 1 atom stereocenters. The second-order valence-electron chi connectivity index (χ2n) is 5.04. The van der Waals surface area contributed by atoms with Gasteiger partial charge in [-0.25, -0.2) is 0 Å². The lowest BCUT2D eigenvalue weighted by molar-refractivity contribution is 0.106. The third-order valence-corrected chi connectivity index (χ3v) is 3.31. The van der Waals surface area contributed by atoms with Gasteiger partial charge in [0, 0.05) is 18.1 Å². The van der Waals surface area contributed by atoms with E-state index in [0.717, 1.165) is 21.9 Å². The van der Waals surface area contributed by atoms with Crippen LogP contribution in [0.3, 0.4) is 0 Å². The van der Waals surface area contributed by atoms with Crippen molar-refractivity contribution in [2.45, 2.75) is 19.6 Å². The Balaban J connectivity index is 1.67. The first-order valence-electron chi connectivity index (χ1n) is 6.96. The second kappa shape index (κ2) is 8.03. The van der Waals surface area contributed by atoms with E-state index in [4.69, 9.17) is 16.3 Å². The molecule has 112 valence electrons. The number of rotatable bonds is 7. The van der Waals surface area contributed by atoms with Crippen LogP contribution in [0.1, 0.15) is 11.1 Å². The van der Waals surface area contributed by atoms with Crippen LogP contribution >= 0.6 is 11.6 Å². The number of halogens is 1. The normalized spacial score (nSPS) is 12.1. The molecule has 2 aromatic carbocycles. The molecule has 0 heterocycles. The number of aryl methyl sites for hydroxylation is 1. The third-order valence-electron chi connectivity index (χ3n) is 3.05. The molecular formula is C17H20ClNO2. The number of aliphatic hydroxyl groups excluding tert-OH is 1. The van der Waals surface area contributed by atoms with Crippen molar-refractivity contribution < 1.29 is 9.84 Å². The lowest BCUT2D eigenvalue weighted by atomic mass is 10.2. The fourth-order valence-electron chi connectivity index (χ4n) is 1.94. The summed E-state index contributed by atoms with van der Waals surface area (Å²) in [6, 6.07) is 15.4. The molecule has 0 aromatic heterocycles. The van der Waals surface area contributed by atoms with Gasteiger partial charge in [-0.3, -0.25) is 0 Å². The lowest BCUT2D eigenvalue weighted by Gasteiger charge is -2.13. The molecule has 0 aliphatic rings. The van der Waals surface area contributed by atoms with Crippen LogP contribution in [0.25, 0.3) is 0 Å². The molecule has 0 aliphatic heterocycles. The molecule has 21 heavy (non-hydrogen) atoms. The number of hydrogen-bond acceptors (Lipinski definition) is 3. The molecule has 0 radical (unpaired) electrons. The fraction of sp³-hybridized carbons (Fsp3) is 0.294. The van der Waals surface area contributed by atoms with E-state index in [1.165, 1.54) is 0 Å². The number of hydrogen-bond donors (Lipinski definition) is 2. The zero-order valence-corrected chi connectivity index (χ0v) is 12.8. The van der Waals surface area contributed by atoms with Crippen LogP contribution < -0.4 is 10.1 Å². The average molecular weight is 306 g/mol. The minimum absolute atomic E-state index is 0.275. The van der Waals surface area contributed by atoms with Gasteiger partial charge in [0.15, 0.2) is 0 Å². The summed E-state index contributed by atoms with van der Waals surface area (Å²) < 4.78 is 5.56. The Morgan fingerprint density at radius 1 is 1.19 bits per heavy atom. The summed E-state index contributed by atoms with van der Waals surface area (Å²) in [5.41, 5.74) is 2.27. The van der Waals surface area contributed by atoms with Crippen molar-refractivity contribution >= 4 is 11.6 Å². The van der Waals surface area contributed by atoms with Gasteiger partial charge in [-0.2, -0.15) is 0 Å². The van der Waals surface area contributed by atoms with E-state index in [1.807, 2.05) is 55.5 Å². The third kappa shape index (κ3) is 5.76. The maximum Gasteiger partial charge on any atom is 0.119 e. The molecule has 0 aliphatic carbocycles. The highest BCUT2D eigenvalue weighted by Crippen LogP contribution is 2.12. The first kappa shape index (κ1) is 15.8. The molecule has 0 spiro atoms. The predicted molar refractivity (Wildman–Crippen MR) is 85.8 cm³/mol. The van der Waals surface area contributed by atoms with Gasteiger partial charge in [0.05, 0.1) is 0 Å². The fourth-order valence-corrected chi connectivity index (χ4v) is 2.07. The minimum atomic E-state index is -0.544. The Hall–Kier alpha value is -1.55. The molecule has 2 N–H and O–H groups in total. The van der Waals surface area contributed by atoms with E-state index in [2.05, 4.69) is 5.32 Å². The van der Waals surface area contributed by atoms with Crippen molar-refractivity contribution in [3.05, 3.63) is 64.7 Å². The number of benzene rings is 2. The minimum Gasteiger partial charge on any atom is -0.491 e. The Morgan fingerprint density at radius 3 is 2.67 bits per heavy atom. The van der Waals surface area contributed by atoms with Crippen LogP contribution in [0.2, 0.25) is 5.02 Å². The van der Waals surface area contributed by atoms with Crippen LogP contribution in [0, 0.1) is 6.92 Å². The van der Waals surface area contributed by atoms with Crippen molar-refractivity contribution in [2.75, 3.05) is 13.2 Å². The first-order chi connectivity index (χ1) is 10.1. The van der Waals surface area contributed by atoms with Gasteiger partial charge < -0.3 is 15.2 Å². The van der Waals surface area contributed by atoms with Crippen LogP contribution in [-0.4, -0.2) is 24.4 Å². The van der Waals surface area contributed by atoms with Crippen molar-refractivity contribution in [3.63, 3.8) is 0 Å².